The second kappa shape index (κ2) is 7.62. The molecule has 0 amide bonds. The van der Waals surface area contributed by atoms with Gasteiger partial charge in [-0.2, -0.15) is 0 Å². The van der Waals surface area contributed by atoms with Gasteiger partial charge in [0, 0.05) is 11.1 Å². The van der Waals surface area contributed by atoms with E-state index in [1.54, 1.807) is 0 Å². The molecule has 0 aliphatic carbocycles. The molecule has 20 heavy (non-hydrogen) atoms. The van der Waals surface area contributed by atoms with Crippen LogP contribution >= 0.6 is 0 Å². The number of nitrogens with zero attached hydrogens (tertiary/aromatic N) is 1. The van der Waals surface area contributed by atoms with Crippen molar-refractivity contribution in [2.24, 2.45) is 5.84 Å². The molecule has 1 atom stereocenters. The first-order chi connectivity index (χ1) is 9.52. The van der Waals surface area contributed by atoms with E-state index < -0.39 is 0 Å². The fraction of sp³-hybridized carbons (Fsp3) is 0.625. The Morgan fingerprint density at radius 3 is 2.30 bits per heavy atom. The minimum absolute atomic E-state index is 0.00477. The van der Waals surface area contributed by atoms with E-state index in [0.717, 1.165) is 24.4 Å². The zero-order chi connectivity index (χ0) is 15.2. The third-order valence-electron chi connectivity index (χ3n) is 3.98. The molecule has 1 aromatic rings. The first-order valence-corrected chi connectivity index (χ1v) is 7.45. The highest BCUT2D eigenvalue weighted by Crippen LogP contribution is 2.35. The maximum atomic E-state index is 5.87. The molecule has 114 valence electrons. The number of hydrazine groups is 1. The molecular weight excluding hydrogens is 250 g/mol. The number of hydrogen-bond donors (Lipinski definition) is 2. The van der Waals surface area contributed by atoms with Gasteiger partial charge in [-0.15, -0.1) is 0 Å². The first-order valence-electron chi connectivity index (χ1n) is 7.45. The average Bonchev–Trinajstić information content (AvgIpc) is 2.42. The van der Waals surface area contributed by atoms with Crippen LogP contribution in [-0.2, 0) is 0 Å². The van der Waals surface area contributed by atoms with E-state index in [-0.39, 0.29) is 11.6 Å². The average molecular weight is 279 g/mol. The minimum atomic E-state index is -0.106. The number of rotatable bonds is 8. The normalized spacial score (nSPS) is 13.6. The Balaban J connectivity index is 3.18. The van der Waals surface area contributed by atoms with Gasteiger partial charge in [0.25, 0.3) is 0 Å². The van der Waals surface area contributed by atoms with Gasteiger partial charge < -0.3 is 4.74 Å². The Kier molecular flexibility index (Phi) is 6.46. The summed E-state index contributed by atoms with van der Waals surface area (Å²) in [7, 11) is 0. The number of benzene rings is 1. The van der Waals surface area contributed by atoms with Crippen LogP contribution in [0.3, 0.4) is 0 Å². The van der Waals surface area contributed by atoms with Crippen LogP contribution in [-0.4, -0.2) is 30.1 Å². The summed E-state index contributed by atoms with van der Waals surface area (Å²) >= 11 is 0. The lowest BCUT2D eigenvalue weighted by molar-refractivity contribution is 0.0898. The van der Waals surface area contributed by atoms with Crippen molar-refractivity contribution in [3.63, 3.8) is 0 Å². The van der Waals surface area contributed by atoms with Gasteiger partial charge in [-0.05, 0) is 39.9 Å². The number of likely N-dealkylation sites (N-methyl/N-ethyl adjacent to an activating group) is 1. The van der Waals surface area contributed by atoms with Gasteiger partial charge in [0.1, 0.15) is 5.75 Å². The molecule has 4 heteroatoms. The lowest BCUT2D eigenvalue weighted by Gasteiger charge is -2.43. The predicted octanol–water partition coefficient (Wildman–Crippen LogP) is 2.71. The molecule has 0 spiro atoms. The summed E-state index contributed by atoms with van der Waals surface area (Å²) < 4.78 is 5.75. The largest absolute Gasteiger partial charge is 0.494 e. The fourth-order valence-electron chi connectivity index (χ4n) is 2.90. The van der Waals surface area contributed by atoms with Crippen LogP contribution in [0.5, 0.6) is 5.75 Å². The van der Waals surface area contributed by atoms with Crippen LogP contribution in [0.4, 0.5) is 0 Å². The van der Waals surface area contributed by atoms with Gasteiger partial charge in [0.2, 0.25) is 0 Å². The molecule has 0 aliphatic heterocycles. The molecule has 0 bridgehead atoms. The molecule has 0 saturated carbocycles. The molecule has 0 radical (unpaired) electrons. The smallest absolute Gasteiger partial charge is 0.124 e. The van der Waals surface area contributed by atoms with Gasteiger partial charge >= 0.3 is 0 Å². The molecular formula is C16H29N3O. The third-order valence-corrected chi connectivity index (χ3v) is 3.98. The topological polar surface area (TPSA) is 50.5 Å². The Hall–Kier alpha value is -1.10. The van der Waals surface area contributed by atoms with Crippen molar-refractivity contribution in [3.05, 3.63) is 29.8 Å². The van der Waals surface area contributed by atoms with Gasteiger partial charge in [-0.25, -0.2) is 0 Å². The van der Waals surface area contributed by atoms with E-state index in [1.807, 2.05) is 25.1 Å². The molecule has 4 nitrogen and oxygen atoms in total. The molecule has 0 aromatic heterocycles. The van der Waals surface area contributed by atoms with Crippen LogP contribution in [0, 0.1) is 0 Å². The van der Waals surface area contributed by atoms with Crippen molar-refractivity contribution in [3.8, 4) is 5.75 Å². The maximum absolute atomic E-state index is 5.87. The number of hydrogen-bond acceptors (Lipinski definition) is 4. The van der Waals surface area contributed by atoms with Crippen LogP contribution in [0.25, 0.3) is 0 Å². The Bertz CT molecular complexity index is 402. The van der Waals surface area contributed by atoms with Crippen molar-refractivity contribution >= 4 is 0 Å². The molecule has 1 aromatic carbocycles. The summed E-state index contributed by atoms with van der Waals surface area (Å²) in [6, 6.07) is 8.11. The lowest BCUT2D eigenvalue weighted by atomic mass is 9.86. The van der Waals surface area contributed by atoms with E-state index in [1.165, 1.54) is 0 Å². The van der Waals surface area contributed by atoms with E-state index in [4.69, 9.17) is 10.6 Å². The highest BCUT2D eigenvalue weighted by Gasteiger charge is 2.35. The zero-order valence-corrected chi connectivity index (χ0v) is 13.4. The van der Waals surface area contributed by atoms with Crippen LogP contribution in [0.2, 0.25) is 0 Å². The number of ether oxygens (including phenoxy) is 1. The molecule has 1 unspecified atom stereocenters. The van der Waals surface area contributed by atoms with Crippen LogP contribution in [0.15, 0.2) is 24.3 Å². The first kappa shape index (κ1) is 17.0. The van der Waals surface area contributed by atoms with Crippen molar-refractivity contribution < 1.29 is 4.74 Å². The SMILES string of the molecule is CCOc1ccccc1C(NN)C(C)(C)N(CC)CC. The molecule has 3 N–H and O–H groups in total. The van der Waals surface area contributed by atoms with Gasteiger partial charge in [-0.1, -0.05) is 32.0 Å². The van der Waals surface area contributed by atoms with Crippen molar-refractivity contribution in [1.29, 1.82) is 0 Å². The molecule has 0 aliphatic rings. The van der Waals surface area contributed by atoms with Crippen molar-refractivity contribution in [1.82, 2.24) is 10.3 Å². The Morgan fingerprint density at radius 2 is 1.80 bits per heavy atom. The summed E-state index contributed by atoms with van der Waals surface area (Å²) in [5, 5.41) is 0. The minimum Gasteiger partial charge on any atom is -0.494 e. The number of nitrogens with two attached hydrogens (primary N) is 1. The summed E-state index contributed by atoms with van der Waals surface area (Å²) in [6.07, 6.45) is 0. The van der Waals surface area contributed by atoms with Gasteiger partial charge in [0.15, 0.2) is 0 Å². The summed E-state index contributed by atoms with van der Waals surface area (Å²) in [6.45, 7) is 13.4. The van der Waals surface area contributed by atoms with Crippen LogP contribution in [0.1, 0.15) is 46.2 Å². The number of para-hydroxylation sites is 1. The molecule has 0 saturated heterocycles. The second-order valence-electron chi connectivity index (χ2n) is 5.40. The monoisotopic (exact) mass is 279 g/mol. The van der Waals surface area contributed by atoms with E-state index in [0.29, 0.717) is 6.61 Å². The Morgan fingerprint density at radius 1 is 1.20 bits per heavy atom. The van der Waals surface area contributed by atoms with Crippen LogP contribution < -0.4 is 16.0 Å². The molecule has 1 rings (SSSR count). The molecule has 0 heterocycles. The van der Waals surface area contributed by atoms with E-state index >= 15 is 0 Å². The Labute approximate surface area is 123 Å². The van der Waals surface area contributed by atoms with Crippen molar-refractivity contribution in [2.75, 3.05) is 19.7 Å². The van der Waals surface area contributed by atoms with E-state index in [9.17, 15) is 0 Å². The van der Waals surface area contributed by atoms with Gasteiger partial charge in [-0.3, -0.25) is 16.2 Å². The quantitative estimate of drug-likeness (QED) is 0.567. The fourth-order valence-corrected chi connectivity index (χ4v) is 2.90. The maximum Gasteiger partial charge on any atom is 0.124 e. The third kappa shape index (κ3) is 3.51. The summed E-state index contributed by atoms with van der Waals surface area (Å²) in [5.74, 6) is 6.77. The summed E-state index contributed by atoms with van der Waals surface area (Å²) in [4.78, 5) is 2.40. The zero-order valence-electron chi connectivity index (χ0n) is 13.4. The highest BCUT2D eigenvalue weighted by molar-refractivity contribution is 5.37. The van der Waals surface area contributed by atoms with Crippen molar-refractivity contribution in [2.45, 2.75) is 46.2 Å². The predicted molar refractivity (Wildman–Crippen MR) is 84.7 cm³/mol. The highest BCUT2D eigenvalue weighted by atomic mass is 16.5. The summed E-state index contributed by atoms with van der Waals surface area (Å²) in [5.41, 5.74) is 3.98. The standard InChI is InChI=1S/C16H29N3O/c1-6-19(7-2)16(4,5)15(18-17)13-11-9-10-12-14(13)20-8-3/h9-12,15,18H,6-8,17H2,1-5H3. The lowest BCUT2D eigenvalue weighted by Crippen LogP contribution is -2.54. The second-order valence-corrected chi connectivity index (χ2v) is 5.40. The molecule has 0 fully saturated rings. The van der Waals surface area contributed by atoms with E-state index in [2.05, 4.69) is 44.1 Å². The van der Waals surface area contributed by atoms with Gasteiger partial charge in [0.05, 0.1) is 12.6 Å². The number of nitrogens with one attached hydrogen (secondary N) is 1.